The third-order valence-electron chi connectivity index (χ3n) is 1.49. The maximum Gasteiger partial charge on any atom is 0.308 e. The molecule has 4 heteroatoms. The predicted octanol–water partition coefficient (Wildman–Crippen LogP) is 2.21. The van der Waals surface area contributed by atoms with Gasteiger partial charge in [-0.1, -0.05) is 12.1 Å². The number of hydrogen-bond donors (Lipinski definition) is 0. The molecule has 0 bridgehead atoms. The van der Waals surface area contributed by atoms with E-state index in [1.807, 2.05) is 6.07 Å². The van der Waals surface area contributed by atoms with E-state index in [2.05, 4.69) is 22.4 Å². The van der Waals surface area contributed by atoms with Crippen LogP contribution < -0.4 is 4.74 Å². The molecule has 14 heavy (non-hydrogen) atoms. The van der Waals surface area contributed by atoms with Gasteiger partial charge >= 0.3 is 5.97 Å². The second-order valence-electron chi connectivity index (χ2n) is 2.65. The predicted molar refractivity (Wildman–Crippen MR) is 56.5 cm³/mol. The van der Waals surface area contributed by atoms with Crippen molar-refractivity contribution in [3.8, 4) is 5.75 Å². The van der Waals surface area contributed by atoms with Crippen molar-refractivity contribution in [1.82, 2.24) is 0 Å². The zero-order chi connectivity index (χ0) is 10.4. The summed E-state index contributed by atoms with van der Waals surface area (Å²) in [4.78, 5) is 14.5. The number of isothiocyanates is 1. The van der Waals surface area contributed by atoms with Gasteiger partial charge < -0.3 is 4.74 Å². The molecule has 0 saturated carbocycles. The van der Waals surface area contributed by atoms with Crippen LogP contribution in [-0.4, -0.2) is 11.1 Å². The quantitative estimate of drug-likeness (QED) is 0.330. The SMILES string of the molecule is CC(=O)Oc1cccc(CN=C=S)c1. The van der Waals surface area contributed by atoms with Crippen LogP contribution in [0.1, 0.15) is 12.5 Å². The Balaban J connectivity index is 2.78. The minimum atomic E-state index is -0.333. The summed E-state index contributed by atoms with van der Waals surface area (Å²) < 4.78 is 4.91. The van der Waals surface area contributed by atoms with Crippen molar-refractivity contribution in [2.24, 2.45) is 4.99 Å². The molecule has 0 radical (unpaired) electrons. The van der Waals surface area contributed by atoms with Crippen molar-refractivity contribution in [1.29, 1.82) is 0 Å². The molecule has 1 aromatic rings. The first kappa shape index (κ1) is 10.6. The molecule has 0 amide bonds. The van der Waals surface area contributed by atoms with E-state index in [0.717, 1.165) is 5.56 Å². The Bertz CT molecular complexity index is 364. The average molecular weight is 207 g/mol. The van der Waals surface area contributed by atoms with E-state index in [0.29, 0.717) is 12.3 Å². The number of esters is 1. The highest BCUT2D eigenvalue weighted by atomic mass is 32.1. The van der Waals surface area contributed by atoms with Gasteiger partial charge in [-0.2, -0.15) is 0 Å². The lowest BCUT2D eigenvalue weighted by molar-refractivity contribution is -0.131. The minimum Gasteiger partial charge on any atom is -0.427 e. The van der Waals surface area contributed by atoms with Gasteiger partial charge in [0.1, 0.15) is 5.75 Å². The van der Waals surface area contributed by atoms with Crippen LogP contribution in [-0.2, 0) is 11.3 Å². The van der Waals surface area contributed by atoms with Gasteiger partial charge in [0.25, 0.3) is 0 Å². The number of carbonyl (C=O) groups is 1. The molecular weight excluding hydrogens is 198 g/mol. The van der Waals surface area contributed by atoms with Crippen molar-refractivity contribution in [3.63, 3.8) is 0 Å². The largest absolute Gasteiger partial charge is 0.427 e. The summed E-state index contributed by atoms with van der Waals surface area (Å²) in [5.74, 6) is 0.190. The summed E-state index contributed by atoms with van der Waals surface area (Å²) in [6, 6.07) is 7.14. The first-order chi connectivity index (χ1) is 6.72. The first-order valence-electron chi connectivity index (χ1n) is 4.03. The fraction of sp³-hybridized carbons (Fsp3) is 0.200. The van der Waals surface area contributed by atoms with Gasteiger partial charge in [0.2, 0.25) is 0 Å². The Morgan fingerprint density at radius 1 is 1.64 bits per heavy atom. The summed E-state index contributed by atoms with van der Waals surface area (Å²) in [7, 11) is 0. The third-order valence-corrected chi connectivity index (χ3v) is 1.62. The van der Waals surface area contributed by atoms with Gasteiger partial charge in [0.15, 0.2) is 0 Å². The highest BCUT2D eigenvalue weighted by molar-refractivity contribution is 7.78. The van der Waals surface area contributed by atoms with Crippen LogP contribution in [0.5, 0.6) is 5.75 Å². The topological polar surface area (TPSA) is 38.7 Å². The van der Waals surface area contributed by atoms with E-state index in [1.165, 1.54) is 6.92 Å². The summed E-state index contributed by atoms with van der Waals surface area (Å²) in [6.07, 6.45) is 0. The van der Waals surface area contributed by atoms with Crippen LogP contribution >= 0.6 is 12.2 Å². The van der Waals surface area contributed by atoms with Gasteiger partial charge in [-0.3, -0.25) is 4.79 Å². The highest BCUT2D eigenvalue weighted by Gasteiger charge is 1.98. The smallest absolute Gasteiger partial charge is 0.308 e. The van der Waals surface area contributed by atoms with Gasteiger partial charge in [-0.25, -0.2) is 4.99 Å². The summed E-state index contributed by atoms with van der Waals surface area (Å²) in [5.41, 5.74) is 0.932. The van der Waals surface area contributed by atoms with E-state index >= 15 is 0 Å². The molecule has 0 aliphatic carbocycles. The monoisotopic (exact) mass is 207 g/mol. The average Bonchev–Trinajstić information content (AvgIpc) is 2.14. The van der Waals surface area contributed by atoms with Crippen molar-refractivity contribution in [2.45, 2.75) is 13.5 Å². The number of thiocarbonyl (C=S) groups is 1. The Hall–Kier alpha value is -1.51. The van der Waals surface area contributed by atoms with Crippen LogP contribution in [0, 0.1) is 0 Å². The number of hydrogen-bond acceptors (Lipinski definition) is 4. The fourth-order valence-corrected chi connectivity index (χ4v) is 1.06. The van der Waals surface area contributed by atoms with Gasteiger partial charge in [0.05, 0.1) is 11.7 Å². The van der Waals surface area contributed by atoms with Gasteiger partial charge in [-0.05, 0) is 29.9 Å². The van der Waals surface area contributed by atoms with Crippen molar-refractivity contribution in [2.75, 3.05) is 0 Å². The number of nitrogens with zero attached hydrogens (tertiary/aromatic N) is 1. The Morgan fingerprint density at radius 3 is 3.07 bits per heavy atom. The van der Waals surface area contributed by atoms with Gasteiger partial charge in [0, 0.05) is 6.92 Å². The molecule has 0 aliphatic heterocycles. The number of aliphatic imine (C=N–C) groups is 1. The minimum absolute atomic E-state index is 0.333. The first-order valence-corrected chi connectivity index (χ1v) is 4.44. The van der Waals surface area contributed by atoms with E-state index in [1.54, 1.807) is 18.2 Å². The summed E-state index contributed by atoms with van der Waals surface area (Å²) in [6.45, 7) is 1.82. The summed E-state index contributed by atoms with van der Waals surface area (Å²) >= 11 is 4.45. The van der Waals surface area contributed by atoms with Crippen LogP contribution in [0.3, 0.4) is 0 Å². The van der Waals surface area contributed by atoms with Crippen molar-refractivity contribution in [3.05, 3.63) is 29.8 Å². The number of rotatable bonds is 3. The zero-order valence-electron chi connectivity index (χ0n) is 7.69. The molecule has 3 nitrogen and oxygen atoms in total. The van der Waals surface area contributed by atoms with E-state index in [9.17, 15) is 4.79 Å². The Morgan fingerprint density at radius 2 is 2.43 bits per heavy atom. The molecule has 0 atom stereocenters. The Labute approximate surface area is 87.4 Å². The lowest BCUT2D eigenvalue weighted by Gasteiger charge is -2.01. The molecule has 0 unspecified atom stereocenters. The highest BCUT2D eigenvalue weighted by Crippen LogP contribution is 2.13. The zero-order valence-corrected chi connectivity index (χ0v) is 8.50. The summed E-state index contributed by atoms with van der Waals surface area (Å²) in [5, 5.41) is 2.28. The molecule has 72 valence electrons. The molecule has 1 aromatic carbocycles. The molecule has 0 saturated heterocycles. The molecule has 0 N–H and O–H groups in total. The Kier molecular flexibility index (Phi) is 3.98. The molecule has 0 aromatic heterocycles. The lowest BCUT2D eigenvalue weighted by atomic mass is 10.2. The van der Waals surface area contributed by atoms with Crippen LogP contribution in [0.2, 0.25) is 0 Å². The molecule has 1 rings (SSSR count). The molecule has 0 fully saturated rings. The van der Waals surface area contributed by atoms with E-state index in [-0.39, 0.29) is 5.97 Å². The van der Waals surface area contributed by atoms with E-state index < -0.39 is 0 Å². The lowest BCUT2D eigenvalue weighted by Crippen LogP contribution is -2.01. The maximum atomic E-state index is 10.7. The van der Waals surface area contributed by atoms with E-state index in [4.69, 9.17) is 4.74 Å². The van der Waals surface area contributed by atoms with Crippen molar-refractivity contribution < 1.29 is 9.53 Å². The number of benzene rings is 1. The van der Waals surface area contributed by atoms with Crippen molar-refractivity contribution >= 4 is 23.3 Å². The van der Waals surface area contributed by atoms with Crippen LogP contribution in [0.4, 0.5) is 0 Å². The fourth-order valence-electron chi connectivity index (χ4n) is 0.997. The molecule has 0 heterocycles. The number of carbonyl (C=O) groups excluding carboxylic acids is 1. The second kappa shape index (κ2) is 5.27. The second-order valence-corrected chi connectivity index (χ2v) is 2.83. The normalized spacial score (nSPS) is 8.93. The number of ether oxygens (including phenoxy) is 1. The molecule has 0 aliphatic rings. The van der Waals surface area contributed by atoms with Crippen LogP contribution in [0.15, 0.2) is 29.3 Å². The third kappa shape index (κ3) is 3.47. The maximum absolute atomic E-state index is 10.7. The van der Waals surface area contributed by atoms with Crippen LogP contribution in [0.25, 0.3) is 0 Å². The standard InChI is InChI=1S/C10H9NO2S/c1-8(12)13-10-4-2-3-9(5-10)6-11-7-14/h2-5H,6H2,1H3. The molecule has 0 spiro atoms. The molecular formula is C10H9NO2S. The van der Waals surface area contributed by atoms with Gasteiger partial charge in [-0.15, -0.1) is 0 Å².